The molecule has 33 heavy (non-hydrogen) atoms. The first-order valence-electron chi connectivity index (χ1n) is 10.9. The fraction of sp³-hybridized carbons (Fsp3) is 0.500. The van der Waals surface area contributed by atoms with Crippen LogP contribution < -0.4 is 10.1 Å². The lowest BCUT2D eigenvalue weighted by Crippen LogP contribution is -2.45. The number of benzene rings is 1. The van der Waals surface area contributed by atoms with Gasteiger partial charge in [0.15, 0.2) is 20.7 Å². The Morgan fingerprint density at radius 1 is 1.21 bits per heavy atom. The molecule has 11 heteroatoms. The molecule has 0 aliphatic heterocycles. The van der Waals surface area contributed by atoms with Crippen LogP contribution in [-0.2, 0) is 14.6 Å². The average Bonchev–Trinajstić information content (AvgIpc) is 3.24. The van der Waals surface area contributed by atoms with Crippen molar-refractivity contribution in [3.05, 3.63) is 36.5 Å². The lowest BCUT2D eigenvalue weighted by atomic mass is 9.86. The summed E-state index contributed by atoms with van der Waals surface area (Å²) in [4.78, 5) is 29.6. The van der Waals surface area contributed by atoms with Crippen LogP contribution in [0.2, 0.25) is 0 Å². The monoisotopic (exact) mass is 495 g/mol. The van der Waals surface area contributed by atoms with E-state index in [1.165, 1.54) is 0 Å². The number of carboxylic acid groups (broad SMARTS) is 1. The van der Waals surface area contributed by atoms with E-state index in [-0.39, 0.29) is 21.4 Å². The zero-order chi connectivity index (χ0) is 23.8. The maximum atomic E-state index is 13.1. The molecule has 1 saturated carbocycles. The first-order valence-corrected chi connectivity index (χ1v) is 13.4. The van der Waals surface area contributed by atoms with Gasteiger partial charge in [-0.1, -0.05) is 36.5 Å². The van der Waals surface area contributed by atoms with Crippen LogP contribution in [0, 0.1) is 5.92 Å². The van der Waals surface area contributed by atoms with Gasteiger partial charge in [-0.25, -0.2) is 18.2 Å². The zero-order valence-electron chi connectivity index (χ0n) is 18.5. The van der Waals surface area contributed by atoms with Gasteiger partial charge in [0.05, 0.1) is 12.8 Å². The van der Waals surface area contributed by atoms with E-state index in [0.717, 1.165) is 49.0 Å². The number of thiazole rings is 1. The minimum absolute atomic E-state index is 0.0908. The summed E-state index contributed by atoms with van der Waals surface area (Å²) in [5.74, 6) is -1.05. The summed E-state index contributed by atoms with van der Waals surface area (Å²) in [6, 6.07) is 9.23. The van der Waals surface area contributed by atoms with Crippen molar-refractivity contribution in [3.63, 3.8) is 0 Å². The fourth-order valence-electron chi connectivity index (χ4n) is 3.80. The van der Waals surface area contributed by atoms with Crippen molar-refractivity contribution < 1.29 is 27.9 Å². The van der Waals surface area contributed by atoms with Crippen LogP contribution in [0.5, 0.6) is 5.75 Å². The predicted molar refractivity (Wildman–Crippen MR) is 126 cm³/mol. The third kappa shape index (κ3) is 7.43. The number of aromatic nitrogens is 1. The van der Waals surface area contributed by atoms with E-state index in [0.29, 0.717) is 25.5 Å². The number of carboxylic acids is 1. The predicted octanol–water partition coefficient (Wildman–Crippen LogP) is 3.88. The van der Waals surface area contributed by atoms with Gasteiger partial charge in [0.2, 0.25) is 0 Å². The van der Waals surface area contributed by atoms with Crippen molar-refractivity contribution >= 4 is 38.3 Å². The normalized spacial score (nSPS) is 18.5. The maximum Gasteiger partial charge on any atom is 0.323 e. The number of anilines is 1. The van der Waals surface area contributed by atoms with Gasteiger partial charge in [0.25, 0.3) is 0 Å². The number of hydrogen-bond donors (Lipinski definition) is 2. The molecule has 1 aliphatic carbocycles. The molecular weight excluding hydrogens is 466 g/mol. The van der Waals surface area contributed by atoms with E-state index in [4.69, 9.17) is 9.84 Å². The lowest BCUT2D eigenvalue weighted by molar-refractivity contribution is -0.134. The van der Waals surface area contributed by atoms with E-state index >= 15 is 0 Å². The second-order valence-electron chi connectivity index (χ2n) is 8.19. The molecule has 2 amide bonds. The van der Waals surface area contributed by atoms with Crippen molar-refractivity contribution in [2.24, 2.45) is 5.92 Å². The Balaban J connectivity index is 1.63. The second kappa shape index (κ2) is 11.5. The molecule has 0 bridgehead atoms. The van der Waals surface area contributed by atoms with Crippen LogP contribution in [0.4, 0.5) is 9.93 Å². The van der Waals surface area contributed by atoms with Crippen molar-refractivity contribution in [1.82, 2.24) is 9.88 Å². The van der Waals surface area contributed by atoms with Crippen molar-refractivity contribution in [1.29, 1.82) is 0 Å². The highest BCUT2D eigenvalue weighted by Gasteiger charge is 2.28. The number of amides is 2. The molecule has 0 unspecified atom stereocenters. The molecule has 1 aliphatic rings. The maximum absolute atomic E-state index is 13.1. The van der Waals surface area contributed by atoms with Crippen LogP contribution in [-0.4, -0.2) is 60.4 Å². The minimum Gasteiger partial charge on any atom is -0.494 e. The Labute approximate surface area is 197 Å². The van der Waals surface area contributed by atoms with E-state index in [9.17, 15) is 18.0 Å². The molecule has 2 aromatic rings. The van der Waals surface area contributed by atoms with E-state index in [1.807, 2.05) is 30.3 Å². The first kappa shape index (κ1) is 25.0. The van der Waals surface area contributed by atoms with Gasteiger partial charge < -0.3 is 14.7 Å². The lowest BCUT2D eigenvalue weighted by Gasteiger charge is -2.36. The topological polar surface area (TPSA) is 126 Å². The minimum atomic E-state index is -3.99. The van der Waals surface area contributed by atoms with Crippen LogP contribution in [0.1, 0.15) is 39.0 Å². The van der Waals surface area contributed by atoms with Crippen molar-refractivity contribution in [3.8, 4) is 5.75 Å². The molecule has 1 aromatic heterocycles. The number of nitrogens with one attached hydrogen (secondary N) is 1. The van der Waals surface area contributed by atoms with Crippen LogP contribution >= 0.6 is 11.3 Å². The molecule has 3 rings (SSSR count). The molecular formula is C22H29N3O6S2. The largest absolute Gasteiger partial charge is 0.494 e. The highest BCUT2D eigenvalue weighted by atomic mass is 32.2. The quantitative estimate of drug-likeness (QED) is 0.479. The highest BCUT2D eigenvalue weighted by molar-refractivity contribution is 7.94. The summed E-state index contributed by atoms with van der Waals surface area (Å²) in [7, 11) is -3.99. The van der Waals surface area contributed by atoms with Crippen LogP contribution in [0.15, 0.2) is 40.7 Å². The van der Waals surface area contributed by atoms with Crippen LogP contribution in [0.3, 0.4) is 0 Å². The molecule has 1 fully saturated rings. The Bertz CT molecular complexity index is 1030. The average molecular weight is 496 g/mol. The Kier molecular flexibility index (Phi) is 8.67. The van der Waals surface area contributed by atoms with Gasteiger partial charge in [-0.3, -0.25) is 10.1 Å². The van der Waals surface area contributed by atoms with Gasteiger partial charge >= 0.3 is 12.0 Å². The second-order valence-corrected chi connectivity index (χ2v) is 11.4. The molecule has 0 spiro atoms. The summed E-state index contributed by atoms with van der Waals surface area (Å²) >= 11 is 0.755. The van der Waals surface area contributed by atoms with Crippen molar-refractivity contribution in [2.45, 2.75) is 49.3 Å². The number of sulfone groups is 1. The molecule has 0 radical (unpaired) electrons. The molecule has 2 N–H and O–H groups in total. The number of urea groups is 1. The van der Waals surface area contributed by atoms with Gasteiger partial charge in [-0.15, -0.1) is 0 Å². The number of hydrogen-bond acceptors (Lipinski definition) is 7. The third-order valence-electron chi connectivity index (χ3n) is 5.56. The standard InChI is InChI=1S/C22H29N3O6S2/c1-16-8-10-17(11-9-16)25(12-5-13-31-18-6-3-2-4-7-18)22(28)24-21-23-14-20(32-21)33(29,30)15-19(26)27/h2-4,6-7,14,16-17H,5,8-13,15H2,1H3,(H,26,27)(H,23,24,28). The number of carbonyl (C=O) groups is 2. The van der Waals surface area contributed by atoms with E-state index in [1.54, 1.807) is 4.90 Å². The Hall–Kier alpha value is -2.66. The number of aliphatic carboxylic acids is 1. The third-order valence-corrected chi connectivity index (χ3v) is 8.63. The van der Waals surface area contributed by atoms with Crippen LogP contribution in [0.25, 0.3) is 0 Å². The molecule has 9 nitrogen and oxygen atoms in total. The Morgan fingerprint density at radius 2 is 1.91 bits per heavy atom. The number of rotatable bonds is 10. The Morgan fingerprint density at radius 3 is 2.58 bits per heavy atom. The van der Waals surface area contributed by atoms with E-state index in [2.05, 4.69) is 17.2 Å². The summed E-state index contributed by atoms with van der Waals surface area (Å²) < 4.78 is 29.8. The summed E-state index contributed by atoms with van der Waals surface area (Å²) in [6.45, 7) is 3.17. The molecule has 0 saturated heterocycles. The number of ether oxygens (including phenoxy) is 1. The molecule has 0 atom stereocenters. The number of nitrogens with zero attached hydrogens (tertiary/aromatic N) is 2. The zero-order valence-corrected chi connectivity index (χ0v) is 20.1. The SMILES string of the molecule is CC1CCC(N(CCCOc2ccccc2)C(=O)Nc2ncc(S(=O)(=O)CC(=O)O)s2)CC1. The number of para-hydroxylation sites is 1. The number of carbonyl (C=O) groups excluding carboxylic acids is 1. The van der Waals surface area contributed by atoms with Crippen molar-refractivity contribution in [2.75, 3.05) is 24.2 Å². The van der Waals surface area contributed by atoms with Gasteiger partial charge in [-0.05, 0) is 50.2 Å². The smallest absolute Gasteiger partial charge is 0.323 e. The van der Waals surface area contributed by atoms with Gasteiger partial charge in [0, 0.05) is 12.6 Å². The molecule has 1 aromatic carbocycles. The summed E-state index contributed by atoms with van der Waals surface area (Å²) in [6.07, 6.45) is 5.63. The summed E-state index contributed by atoms with van der Waals surface area (Å²) in [5, 5.41) is 11.6. The van der Waals surface area contributed by atoms with E-state index < -0.39 is 21.6 Å². The highest BCUT2D eigenvalue weighted by Crippen LogP contribution is 2.29. The molecule has 180 valence electrons. The summed E-state index contributed by atoms with van der Waals surface area (Å²) in [5.41, 5.74) is 0. The first-order chi connectivity index (χ1) is 15.7. The van der Waals surface area contributed by atoms with Gasteiger partial charge in [-0.2, -0.15) is 0 Å². The van der Waals surface area contributed by atoms with Gasteiger partial charge in [0.1, 0.15) is 9.96 Å². The fourth-order valence-corrected chi connectivity index (χ4v) is 5.95. The molecule has 1 heterocycles.